The average molecular weight is 652 g/mol. The van der Waals surface area contributed by atoms with E-state index in [1.165, 1.54) is 12.4 Å². The van der Waals surface area contributed by atoms with E-state index < -0.39 is 11.4 Å². The second kappa shape index (κ2) is 13.3. The molecule has 4 aromatic rings. The Balaban J connectivity index is 1.27. The van der Waals surface area contributed by atoms with Crippen molar-refractivity contribution in [2.45, 2.75) is 64.2 Å². The van der Waals surface area contributed by atoms with Gasteiger partial charge in [-0.3, -0.25) is 14.6 Å². The topological polar surface area (TPSA) is 129 Å². The van der Waals surface area contributed by atoms with Crippen LogP contribution in [0, 0.1) is 17.1 Å². The zero-order valence-corrected chi connectivity index (χ0v) is 28.1. The van der Waals surface area contributed by atoms with Crippen molar-refractivity contribution >= 4 is 22.8 Å². The third kappa shape index (κ3) is 6.48. The smallest absolute Gasteiger partial charge is 0.264 e. The van der Waals surface area contributed by atoms with Gasteiger partial charge in [0.15, 0.2) is 5.65 Å². The fourth-order valence-corrected chi connectivity index (χ4v) is 6.79. The summed E-state index contributed by atoms with van der Waals surface area (Å²) in [5.41, 5.74) is 6.96. The molecule has 12 heteroatoms. The Morgan fingerprint density at radius 2 is 1.81 bits per heavy atom. The first kappa shape index (κ1) is 33.1. The molecule has 0 unspecified atom stereocenters. The Hall–Kier alpha value is -4.86. The summed E-state index contributed by atoms with van der Waals surface area (Å²) in [7, 11) is 2.13. The predicted octanol–water partition coefficient (Wildman–Crippen LogP) is 5.42. The van der Waals surface area contributed by atoms with Crippen molar-refractivity contribution in [3.63, 3.8) is 0 Å². The highest BCUT2D eigenvalue weighted by molar-refractivity contribution is 5.99. The number of anilines is 1. The Morgan fingerprint density at radius 1 is 1.08 bits per heavy atom. The Labute approximate surface area is 280 Å². The van der Waals surface area contributed by atoms with Crippen LogP contribution in [0.25, 0.3) is 22.3 Å². The van der Waals surface area contributed by atoms with Gasteiger partial charge in [-0.2, -0.15) is 10.4 Å². The van der Waals surface area contributed by atoms with E-state index in [-0.39, 0.29) is 28.9 Å². The molecule has 0 aliphatic carbocycles. The maximum absolute atomic E-state index is 15.7. The summed E-state index contributed by atoms with van der Waals surface area (Å²) < 4.78 is 23.2. The largest absolute Gasteiger partial charge is 0.457 e. The van der Waals surface area contributed by atoms with E-state index in [1.54, 1.807) is 33.8 Å². The van der Waals surface area contributed by atoms with Crippen LogP contribution in [-0.2, 0) is 4.79 Å². The molecule has 1 amide bonds. The summed E-state index contributed by atoms with van der Waals surface area (Å²) in [5.74, 6) is 0.275. The number of piperazine rings is 1. The molecule has 4 heterocycles. The van der Waals surface area contributed by atoms with Crippen LogP contribution in [0.15, 0.2) is 66.5 Å². The van der Waals surface area contributed by atoms with Gasteiger partial charge in [0, 0.05) is 55.4 Å². The van der Waals surface area contributed by atoms with E-state index in [2.05, 4.69) is 60.6 Å². The van der Waals surface area contributed by atoms with Gasteiger partial charge >= 0.3 is 0 Å². The highest BCUT2D eigenvalue weighted by Gasteiger charge is 2.36. The number of likely N-dealkylation sites (N-methyl/N-ethyl adjacent to an activating group) is 1. The van der Waals surface area contributed by atoms with Crippen LogP contribution in [0.2, 0.25) is 0 Å². The number of fused-ring (bicyclic) bond motifs is 1. The number of hydrogen-bond acceptors (Lipinski definition) is 9. The number of nitrogen functional groups attached to an aromatic ring is 1. The summed E-state index contributed by atoms with van der Waals surface area (Å²) in [6, 6.07) is 16.4. The number of nitrogens with two attached hydrogens (primary N) is 1. The quantitative estimate of drug-likeness (QED) is 0.206. The van der Waals surface area contributed by atoms with Gasteiger partial charge < -0.3 is 15.4 Å². The molecule has 0 radical (unpaired) electrons. The fourth-order valence-electron chi connectivity index (χ4n) is 6.79. The number of hydrogen-bond donors (Lipinski definition) is 1. The minimum Gasteiger partial charge on any atom is -0.457 e. The summed E-state index contributed by atoms with van der Waals surface area (Å²) in [5, 5.41) is 15.4. The minimum absolute atomic E-state index is 0.123. The first-order valence-electron chi connectivity index (χ1n) is 16.4. The maximum Gasteiger partial charge on any atom is 0.264 e. The van der Waals surface area contributed by atoms with Crippen LogP contribution in [0.5, 0.6) is 11.5 Å². The summed E-state index contributed by atoms with van der Waals surface area (Å²) in [6.07, 6.45) is 4.58. The lowest BCUT2D eigenvalue weighted by Crippen LogP contribution is -2.60. The lowest BCUT2D eigenvalue weighted by molar-refractivity contribution is -0.128. The number of carbonyl (C=O) groups excluding carboxylic acids is 1. The molecule has 11 nitrogen and oxygen atoms in total. The molecule has 0 spiro atoms. The Morgan fingerprint density at radius 3 is 2.50 bits per heavy atom. The highest BCUT2D eigenvalue weighted by atomic mass is 19.1. The molecule has 2 N–H and O–H groups in total. The normalized spacial score (nSPS) is 21.3. The number of nitrogens with zero attached hydrogens (tertiary/aromatic N) is 8. The number of aromatic nitrogens is 4. The second-order valence-corrected chi connectivity index (χ2v) is 13.4. The molecule has 250 valence electrons. The molecule has 2 aliphatic rings. The van der Waals surface area contributed by atoms with E-state index in [9.17, 15) is 10.1 Å². The van der Waals surface area contributed by atoms with Crippen LogP contribution in [-0.4, -0.2) is 91.2 Å². The molecule has 2 aromatic heterocycles. The monoisotopic (exact) mass is 651 g/mol. The van der Waals surface area contributed by atoms with Gasteiger partial charge in [0.25, 0.3) is 5.91 Å². The lowest BCUT2D eigenvalue weighted by Gasteiger charge is -2.48. The third-order valence-corrected chi connectivity index (χ3v) is 9.75. The average Bonchev–Trinajstić information content (AvgIpc) is 3.47. The van der Waals surface area contributed by atoms with Crippen LogP contribution >= 0.6 is 0 Å². The van der Waals surface area contributed by atoms with Gasteiger partial charge in [0.1, 0.15) is 46.8 Å². The van der Waals surface area contributed by atoms with Crippen molar-refractivity contribution in [1.29, 1.82) is 5.26 Å². The van der Waals surface area contributed by atoms with Gasteiger partial charge in [0.05, 0.1) is 11.4 Å². The number of para-hydroxylation sites is 1. The standard InChI is InChI=1S/C36H42FN9O2/c1-23-19-45(20-24(2)43(23)5)36(3,4)17-25(18-38)35(47)44-15-9-10-26(21-44)46-34-31(33(39)40-22-41-34)32(42-46)29-14-13-28(16-30(29)37)48-27-11-7-6-8-12-27/h6-8,11-14,16-17,22-24,26H,9-10,15,19-21H2,1-5H3,(H2,39,40,41)/b25-17-/t23-,24+,26-/m0/s1. The van der Waals surface area contributed by atoms with Crippen molar-refractivity contribution in [2.75, 3.05) is 39.0 Å². The number of carbonyl (C=O) groups is 1. The lowest BCUT2D eigenvalue weighted by atomic mass is 9.94. The fraction of sp³-hybridized carbons (Fsp3) is 0.417. The number of nitriles is 1. The van der Waals surface area contributed by atoms with Gasteiger partial charge in [-0.05, 0) is 77.9 Å². The number of ether oxygens (including phenoxy) is 1. The maximum atomic E-state index is 15.7. The summed E-state index contributed by atoms with van der Waals surface area (Å²) >= 11 is 0. The number of piperidine rings is 1. The van der Waals surface area contributed by atoms with Gasteiger partial charge in [0.2, 0.25) is 0 Å². The van der Waals surface area contributed by atoms with Crippen molar-refractivity contribution in [2.24, 2.45) is 0 Å². The molecule has 0 bridgehead atoms. The first-order chi connectivity index (χ1) is 23.0. The van der Waals surface area contributed by atoms with E-state index in [0.29, 0.717) is 66.2 Å². The van der Waals surface area contributed by atoms with E-state index in [4.69, 9.17) is 15.6 Å². The number of likely N-dealkylation sites (tertiary alicyclic amines) is 1. The molecule has 2 fully saturated rings. The molecule has 3 atom stereocenters. The van der Waals surface area contributed by atoms with E-state index in [1.807, 2.05) is 24.3 Å². The first-order valence-corrected chi connectivity index (χ1v) is 16.4. The molecule has 0 saturated carbocycles. The second-order valence-electron chi connectivity index (χ2n) is 13.4. The molecular formula is C36H42FN9O2. The van der Waals surface area contributed by atoms with Crippen molar-refractivity contribution in [1.82, 2.24) is 34.4 Å². The van der Waals surface area contributed by atoms with Gasteiger partial charge in [-0.15, -0.1) is 0 Å². The van der Waals surface area contributed by atoms with Crippen molar-refractivity contribution in [3.8, 4) is 28.8 Å². The Bertz CT molecular complexity index is 1870. The zero-order chi connectivity index (χ0) is 34.2. The van der Waals surface area contributed by atoms with Crippen LogP contribution in [0.1, 0.15) is 46.6 Å². The number of rotatable bonds is 7. The molecule has 6 rings (SSSR count). The van der Waals surface area contributed by atoms with Crippen LogP contribution < -0.4 is 10.5 Å². The number of amides is 1. The molecule has 48 heavy (non-hydrogen) atoms. The van der Waals surface area contributed by atoms with Crippen molar-refractivity contribution < 1.29 is 13.9 Å². The van der Waals surface area contributed by atoms with Crippen LogP contribution in [0.4, 0.5) is 10.2 Å². The molecule has 2 aromatic carbocycles. The summed E-state index contributed by atoms with van der Waals surface area (Å²) in [4.78, 5) is 28.9. The number of benzene rings is 2. The molecule has 2 saturated heterocycles. The summed E-state index contributed by atoms with van der Waals surface area (Å²) in [6.45, 7) is 11.0. The van der Waals surface area contributed by atoms with E-state index >= 15 is 4.39 Å². The van der Waals surface area contributed by atoms with Gasteiger partial charge in [-0.25, -0.2) is 19.0 Å². The zero-order valence-electron chi connectivity index (χ0n) is 28.1. The molecule has 2 aliphatic heterocycles. The highest BCUT2D eigenvalue weighted by Crippen LogP contribution is 2.36. The Kier molecular flexibility index (Phi) is 9.18. The predicted molar refractivity (Wildman–Crippen MR) is 183 cm³/mol. The SMILES string of the molecule is C[C@@H]1CN(C(C)(C)/C=C(/C#N)C(=O)N2CCC[C@H](n3nc(-c4ccc(Oc5ccccc5)cc4F)c4c(N)ncnc43)C2)C[C@H](C)N1C. The van der Waals surface area contributed by atoms with Crippen LogP contribution in [0.3, 0.4) is 0 Å². The van der Waals surface area contributed by atoms with Crippen molar-refractivity contribution in [3.05, 3.63) is 72.3 Å². The molecular weight excluding hydrogens is 609 g/mol. The van der Waals surface area contributed by atoms with Gasteiger partial charge in [-0.1, -0.05) is 18.2 Å². The minimum atomic E-state index is -0.533. The third-order valence-electron chi connectivity index (χ3n) is 9.75. The number of halogens is 1. The van der Waals surface area contributed by atoms with E-state index in [0.717, 1.165) is 13.1 Å².